The number of rotatable bonds is 23. The minimum atomic E-state index is -1.88. The van der Waals surface area contributed by atoms with E-state index in [-0.39, 0.29) is 12.3 Å². The van der Waals surface area contributed by atoms with Crippen molar-refractivity contribution in [2.24, 2.45) is 17.6 Å². The van der Waals surface area contributed by atoms with Gasteiger partial charge in [0.25, 0.3) is 0 Å². The van der Waals surface area contributed by atoms with Gasteiger partial charge < -0.3 is 63.2 Å². The van der Waals surface area contributed by atoms with Crippen LogP contribution in [0.4, 0.5) is 0 Å². The fourth-order valence-electron chi connectivity index (χ4n) is 4.03. The third-order valence-electron chi connectivity index (χ3n) is 6.65. The first-order valence-electron chi connectivity index (χ1n) is 15.2. The van der Waals surface area contributed by atoms with Crippen molar-refractivity contribution in [1.29, 1.82) is 0 Å². The van der Waals surface area contributed by atoms with Gasteiger partial charge in [0.15, 0.2) is 0 Å². The average Bonchev–Trinajstić information content (AvgIpc) is 3.00. The molecule has 6 atom stereocenters. The summed E-state index contributed by atoms with van der Waals surface area (Å²) in [5.74, 6) is -11.5. The van der Waals surface area contributed by atoms with Crippen molar-refractivity contribution in [3.05, 3.63) is 0 Å². The van der Waals surface area contributed by atoms with Crippen LogP contribution >= 0.6 is 0 Å². The molecular weight excluding hydrogens is 658 g/mol. The molecule has 13 N–H and O–H groups in total. The van der Waals surface area contributed by atoms with E-state index in [0.29, 0.717) is 0 Å². The molecule has 0 aliphatic heterocycles. The molecule has 0 saturated carbocycles. The van der Waals surface area contributed by atoms with Crippen molar-refractivity contribution in [3.8, 4) is 0 Å². The highest BCUT2D eigenvalue weighted by Crippen LogP contribution is 2.09. The van der Waals surface area contributed by atoms with Crippen molar-refractivity contribution in [2.75, 3.05) is 19.8 Å². The molecule has 21 nitrogen and oxygen atoms in total. The van der Waals surface area contributed by atoms with Crippen molar-refractivity contribution in [1.82, 2.24) is 31.9 Å². The molecule has 0 unspecified atom stereocenters. The largest absolute Gasteiger partial charge is 0.481 e. The van der Waals surface area contributed by atoms with Crippen LogP contribution in [0, 0.1) is 11.8 Å². The maximum atomic E-state index is 13.3. The zero-order valence-corrected chi connectivity index (χ0v) is 27.6. The standard InChI is InChI=1S/C28H47N7O14/c1-12(2)7-16(25(45)34-18(11-37)28(48)49)32-26(46)17(8-21(41)42)33-24(44)15(5-6-20(39)40)31-27(47)22(13(3)4)35-19(38)9-30-23(43)14(29)10-36/h12-18,22,36-37H,5-11,29H2,1-4H3,(H,30,43)(H,31,47)(H,32,46)(H,33,44)(H,34,45)(H,35,38)(H,39,40)(H,41,42)(H,48,49)/t14-,15-,16-,17-,18-,22-/m0/s1. The number of carbonyl (C=O) groups excluding carboxylic acids is 6. The molecule has 0 rings (SSSR count). The Balaban J connectivity index is 6.05. The van der Waals surface area contributed by atoms with Gasteiger partial charge in [-0.05, 0) is 24.7 Å². The van der Waals surface area contributed by atoms with E-state index in [2.05, 4.69) is 26.6 Å². The highest BCUT2D eigenvalue weighted by atomic mass is 16.4. The molecule has 0 aromatic heterocycles. The monoisotopic (exact) mass is 705 g/mol. The van der Waals surface area contributed by atoms with E-state index in [4.69, 9.17) is 15.9 Å². The Hall–Kier alpha value is -4.89. The zero-order valence-electron chi connectivity index (χ0n) is 27.6. The van der Waals surface area contributed by atoms with Crippen molar-refractivity contribution < 1.29 is 68.7 Å². The zero-order chi connectivity index (χ0) is 38.0. The summed E-state index contributed by atoms with van der Waals surface area (Å²) in [6, 6.07) is -9.33. The second-order valence-electron chi connectivity index (χ2n) is 11.7. The lowest BCUT2D eigenvalue weighted by molar-refractivity contribution is -0.144. The summed E-state index contributed by atoms with van der Waals surface area (Å²) in [5.41, 5.74) is 5.36. The molecule has 0 aromatic rings. The minimum absolute atomic E-state index is 0.0688. The first-order valence-corrected chi connectivity index (χ1v) is 15.2. The van der Waals surface area contributed by atoms with Crippen LogP contribution in [-0.4, -0.2) is 135 Å². The maximum Gasteiger partial charge on any atom is 0.328 e. The molecular formula is C28H47N7O14. The van der Waals surface area contributed by atoms with Gasteiger partial charge in [0, 0.05) is 6.42 Å². The summed E-state index contributed by atoms with van der Waals surface area (Å²) < 4.78 is 0. The fraction of sp³-hybridized carbons (Fsp3) is 0.679. The number of carboxylic acid groups (broad SMARTS) is 3. The van der Waals surface area contributed by atoms with E-state index < -0.39 is 135 Å². The van der Waals surface area contributed by atoms with E-state index >= 15 is 0 Å². The molecule has 278 valence electrons. The summed E-state index contributed by atoms with van der Waals surface area (Å²) >= 11 is 0. The number of nitrogens with one attached hydrogen (secondary N) is 6. The van der Waals surface area contributed by atoms with Gasteiger partial charge in [-0.15, -0.1) is 0 Å². The lowest BCUT2D eigenvalue weighted by Gasteiger charge is -2.27. The Morgan fingerprint density at radius 2 is 1.12 bits per heavy atom. The fourth-order valence-corrected chi connectivity index (χ4v) is 4.03. The van der Waals surface area contributed by atoms with Gasteiger partial charge in [-0.25, -0.2) is 4.79 Å². The van der Waals surface area contributed by atoms with Crippen LogP contribution in [0.15, 0.2) is 0 Å². The first kappa shape index (κ1) is 44.1. The Kier molecular flexibility index (Phi) is 19.7. The molecule has 0 spiro atoms. The predicted octanol–water partition coefficient (Wildman–Crippen LogP) is -5.04. The van der Waals surface area contributed by atoms with Crippen LogP contribution in [-0.2, 0) is 43.2 Å². The predicted molar refractivity (Wildman–Crippen MR) is 166 cm³/mol. The lowest BCUT2D eigenvalue weighted by atomic mass is 10.0. The molecule has 49 heavy (non-hydrogen) atoms. The Morgan fingerprint density at radius 1 is 0.612 bits per heavy atom. The number of carboxylic acids is 3. The first-order chi connectivity index (χ1) is 22.7. The number of nitrogens with two attached hydrogens (primary N) is 1. The van der Waals surface area contributed by atoms with Crippen molar-refractivity contribution >= 4 is 53.4 Å². The SMILES string of the molecule is CC(C)C[C@H](NC(=O)[C@H](CC(=O)O)NC(=O)[C@H](CCC(=O)O)NC(=O)[C@@H](NC(=O)CNC(=O)[C@@H](N)CO)C(C)C)C(=O)N[C@@H](CO)C(=O)O. The lowest BCUT2D eigenvalue weighted by Crippen LogP contribution is -2.60. The van der Waals surface area contributed by atoms with Gasteiger partial charge >= 0.3 is 17.9 Å². The number of aliphatic hydroxyl groups is 2. The van der Waals surface area contributed by atoms with Crippen LogP contribution in [0.25, 0.3) is 0 Å². The second kappa shape index (κ2) is 21.9. The topological polar surface area (TPSA) is 353 Å². The molecule has 6 amide bonds. The number of hydrogen-bond acceptors (Lipinski definition) is 12. The highest BCUT2D eigenvalue weighted by Gasteiger charge is 2.34. The molecule has 0 aliphatic rings. The Labute approximate surface area is 281 Å². The van der Waals surface area contributed by atoms with E-state index in [1.165, 1.54) is 13.8 Å². The molecule has 0 heterocycles. The normalized spacial score (nSPS) is 14.6. The molecule has 0 bridgehead atoms. The van der Waals surface area contributed by atoms with Crippen LogP contribution in [0.5, 0.6) is 0 Å². The molecule has 0 aliphatic carbocycles. The van der Waals surface area contributed by atoms with E-state index in [1.807, 2.05) is 5.32 Å². The summed E-state index contributed by atoms with van der Waals surface area (Å²) in [7, 11) is 0. The van der Waals surface area contributed by atoms with Crippen LogP contribution in [0.2, 0.25) is 0 Å². The van der Waals surface area contributed by atoms with Gasteiger partial charge in [-0.1, -0.05) is 27.7 Å². The summed E-state index contributed by atoms with van der Waals surface area (Å²) in [6.07, 6.45) is -2.31. The third kappa shape index (κ3) is 17.2. The summed E-state index contributed by atoms with van der Waals surface area (Å²) in [4.78, 5) is 111. The number of aliphatic carboxylic acids is 3. The van der Waals surface area contributed by atoms with Gasteiger partial charge in [-0.2, -0.15) is 0 Å². The van der Waals surface area contributed by atoms with Gasteiger partial charge in [0.2, 0.25) is 35.4 Å². The van der Waals surface area contributed by atoms with E-state index in [9.17, 15) is 58.5 Å². The minimum Gasteiger partial charge on any atom is -0.481 e. The summed E-state index contributed by atoms with van der Waals surface area (Å²) in [6.45, 7) is 4.07. The number of amides is 6. The van der Waals surface area contributed by atoms with Crippen molar-refractivity contribution in [3.63, 3.8) is 0 Å². The average molecular weight is 706 g/mol. The Morgan fingerprint density at radius 3 is 1.59 bits per heavy atom. The van der Waals surface area contributed by atoms with Crippen LogP contribution in [0.1, 0.15) is 53.4 Å². The highest BCUT2D eigenvalue weighted by molar-refractivity contribution is 5.97. The van der Waals surface area contributed by atoms with Crippen molar-refractivity contribution in [2.45, 2.75) is 89.6 Å². The molecule has 0 radical (unpaired) electrons. The van der Waals surface area contributed by atoms with Gasteiger partial charge in [0.1, 0.15) is 36.3 Å². The second-order valence-corrected chi connectivity index (χ2v) is 11.7. The smallest absolute Gasteiger partial charge is 0.328 e. The number of carbonyl (C=O) groups is 9. The quantitative estimate of drug-likeness (QED) is 0.0473. The van der Waals surface area contributed by atoms with Crippen LogP contribution in [0.3, 0.4) is 0 Å². The van der Waals surface area contributed by atoms with E-state index in [1.54, 1.807) is 13.8 Å². The maximum absolute atomic E-state index is 13.3. The number of aliphatic hydroxyl groups excluding tert-OH is 2. The van der Waals surface area contributed by atoms with Gasteiger partial charge in [-0.3, -0.25) is 38.4 Å². The van der Waals surface area contributed by atoms with Gasteiger partial charge in [0.05, 0.1) is 26.2 Å². The van der Waals surface area contributed by atoms with E-state index in [0.717, 1.165) is 0 Å². The molecule has 0 aromatic carbocycles. The Bertz CT molecular complexity index is 1210. The molecule has 21 heteroatoms. The molecule has 0 fully saturated rings. The number of hydrogen-bond donors (Lipinski definition) is 12. The summed E-state index contributed by atoms with van der Waals surface area (Å²) in [5, 5.41) is 59.1. The third-order valence-corrected chi connectivity index (χ3v) is 6.65. The van der Waals surface area contributed by atoms with Crippen LogP contribution < -0.4 is 37.6 Å². The molecule has 0 saturated heterocycles.